The van der Waals surface area contributed by atoms with Crippen LogP contribution >= 0.6 is 0 Å². The molecule has 20 heavy (non-hydrogen) atoms. The van der Waals surface area contributed by atoms with E-state index < -0.39 is 24.9 Å². The van der Waals surface area contributed by atoms with E-state index in [1.165, 1.54) is 0 Å². The van der Waals surface area contributed by atoms with Crippen molar-refractivity contribution in [1.29, 1.82) is 0 Å². The predicted octanol–water partition coefficient (Wildman–Crippen LogP) is 2.51. The molecule has 0 aliphatic carbocycles. The van der Waals surface area contributed by atoms with Crippen LogP contribution in [0.3, 0.4) is 0 Å². The van der Waals surface area contributed by atoms with E-state index in [1.807, 2.05) is 0 Å². The van der Waals surface area contributed by atoms with Gasteiger partial charge in [-0.3, -0.25) is 4.79 Å². The van der Waals surface area contributed by atoms with Gasteiger partial charge in [-0.15, -0.1) is 0 Å². The third-order valence-electron chi connectivity index (χ3n) is 2.32. The van der Waals surface area contributed by atoms with Crippen LogP contribution in [0.2, 0.25) is 0 Å². The molecule has 0 spiro atoms. The van der Waals surface area contributed by atoms with E-state index in [0.717, 1.165) is 0 Å². The molecule has 1 amide bonds. The molecule has 8 heteroatoms. The number of hydrogen-bond donors (Lipinski definition) is 2. The molecule has 0 radical (unpaired) electrons. The average molecular weight is 294 g/mol. The largest absolute Gasteiger partial charge is 0.397 e. The van der Waals surface area contributed by atoms with Crippen LogP contribution in [0.4, 0.5) is 28.9 Å². The molecule has 0 unspecified atom stereocenters. The lowest BCUT2D eigenvalue weighted by Gasteiger charge is -2.15. The topological polar surface area (TPSA) is 64.3 Å². The van der Waals surface area contributed by atoms with Crippen molar-refractivity contribution in [1.82, 2.24) is 0 Å². The van der Waals surface area contributed by atoms with Crippen LogP contribution in [0.25, 0.3) is 0 Å². The first kappa shape index (κ1) is 16.2. The Kier molecular flexibility index (Phi) is 5.75. The summed E-state index contributed by atoms with van der Waals surface area (Å²) in [6, 6.07) is 6.49. The van der Waals surface area contributed by atoms with Crippen LogP contribution in [0, 0.1) is 0 Å². The van der Waals surface area contributed by atoms with E-state index in [9.17, 15) is 22.4 Å². The van der Waals surface area contributed by atoms with Crippen LogP contribution in [-0.2, 0) is 9.53 Å². The summed E-state index contributed by atoms with van der Waals surface area (Å²) in [5.41, 5.74) is 6.32. The highest BCUT2D eigenvalue weighted by Crippen LogP contribution is 2.23. The molecule has 112 valence electrons. The summed E-state index contributed by atoms with van der Waals surface area (Å²) >= 11 is 0. The van der Waals surface area contributed by atoms with Crippen molar-refractivity contribution in [3.63, 3.8) is 0 Å². The molecule has 0 aliphatic rings. The maximum absolute atomic E-state index is 12.5. The van der Waals surface area contributed by atoms with E-state index in [-0.39, 0.29) is 13.0 Å². The molecule has 0 aromatic heterocycles. The predicted molar refractivity (Wildman–Crippen MR) is 65.9 cm³/mol. The number of carbonyl (C=O) groups is 1. The van der Waals surface area contributed by atoms with Gasteiger partial charge in [0.05, 0.1) is 24.4 Å². The fourth-order valence-corrected chi connectivity index (χ4v) is 1.26. The molecule has 4 nitrogen and oxygen atoms in total. The fourth-order valence-electron chi connectivity index (χ4n) is 1.26. The number of ether oxygens (including phenoxy) is 1. The Morgan fingerprint density at radius 2 is 2.00 bits per heavy atom. The summed E-state index contributed by atoms with van der Waals surface area (Å²) in [5.74, 6) is -4.72. The minimum absolute atomic E-state index is 0.242. The zero-order valence-corrected chi connectivity index (χ0v) is 10.4. The number of nitrogens with one attached hydrogen (secondary N) is 1. The molecular weight excluding hydrogens is 280 g/mol. The number of alkyl halides is 4. The summed E-state index contributed by atoms with van der Waals surface area (Å²) in [4.78, 5) is 11.4. The molecule has 0 atom stereocenters. The van der Waals surface area contributed by atoms with Crippen molar-refractivity contribution in [2.45, 2.75) is 18.8 Å². The van der Waals surface area contributed by atoms with Gasteiger partial charge >= 0.3 is 12.3 Å². The minimum Gasteiger partial charge on any atom is -0.397 e. The summed E-state index contributed by atoms with van der Waals surface area (Å²) in [6.07, 6.45) is -4.03. The highest BCUT2D eigenvalue weighted by molar-refractivity contribution is 5.93. The Bertz CT molecular complexity index is 455. The van der Waals surface area contributed by atoms with Gasteiger partial charge in [0.15, 0.2) is 0 Å². The molecule has 1 aromatic rings. The zero-order valence-electron chi connectivity index (χ0n) is 10.4. The molecule has 1 rings (SSSR count). The van der Waals surface area contributed by atoms with Crippen molar-refractivity contribution >= 4 is 17.3 Å². The number of benzene rings is 1. The molecule has 0 bridgehead atoms. The number of nitrogens with two attached hydrogens (primary N) is 1. The number of nitrogen functional groups attached to an aromatic ring is 1. The zero-order chi connectivity index (χ0) is 15.2. The average Bonchev–Trinajstić information content (AvgIpc) is 2.37. The highest BCUT2D eigenvalue weighted by Gasteiger charge is 2.40. The smallest absolute Gasteiger partial charge is 0.330 e. The Morgan fingerprint density at radius 3 is 2.60 bits per heavy atom. The normalized spacial score (nSPS) is 11.7. The second kappa shape index (κ2) is 7.09. The Hall–Kier alpha value is -1.83. The monoisotopic (exact) mass is 294 g/mol. The van der Waals surface area contributed by atoms with E-state index in [2.05, 4.69) is 10.1 Å². The minimum atomic E-state index is -4.21. The standard InChI is InChI=1S/C12H14F4N2O2/c13-11(14)12(15,16)7-20-6-5-10(19)18-9-4-2-1-3-8(9)17/h1-4,11H,5-7,17H2,(H,18,19). The van der Waals surface area contributed by atoms with Crippen molar-refractivity contribution in [2.75, 3.05) is 24.3 Å². The van der Waals surface area contributed by atoms with E-state index >= 15 is 0 Å². The maximum Gasteiger partial charge on any atom is 0.330 e. The van der Waals surface area contributed by atoms with Crippen molar-refractivity contribution in [3.8, 4) is 0 Å². The number of anilines is 2. The fraction of sp³-hybridized carbons (Fsp3) is 0.417. The van der Waals surface area contributed by atoms with Gasteiger partial charge in [0.2, 0.25) is 5.91 Å². The van der Waals surface area contributed by atoms with Gasteiger partial charge < -0.3 is 15.8 Å². The molecule has 1 aromatic carbocycles. The lowest BCUT2D eigenvalue weighted by Crippen LogP contribution is -2.32. The van der Waals surface area contributed by atoms with E-state index in [1.54, 1.807) is 24.3 Å². The van der Waals surface area contributed by atoms with Gasteiger partial charge in [0.1, 0.15) is 6.61 Å². The Morgan fingerprint density at radius 1 is 1.35 bits per heavy atom. The second-order valence-corrected chi connectivity index (χ2v) is 4.00. The lowest BCUT2D eigenvalue weighted by atomic mass is 10.2. The first-order chi connectivity index (χ1) is 9.33. The van der Waals surface area contributed by atoms with E-state index in [0.29, 0.717) is 11.4 Å². The number of halogens is 4. The maximum atomic E-state index is 12.5. The third kappa shape index (κ3) is 5.04. The molecule has 3 N–H and O–H groups in total. The van der Waals surface area contributed by atoms with Gasteiger partial charge in [0, 0.05) is 0 Å². The SMILES string of the molecule is Nc1ccccc1NC(=O)CCOCC(F)(F)C(F)F. The molecule has 0 saturated heterocycles. The number of para-hydroxylation sites is 2. The summed E-state index contributed by atoms with van der Waals surface area (Å²) < 4.78 is 52.9. The lowest BCUT2D eigenvalue weighted by molar-refractivity contribution is -0.166. The van der Waals surface area contributed by atoms with Crippen molar-refractivity contribution in [3.05, 3.63) is 24.3 Å². The molecule has 0 aliphatic heterocycles. The van der Waals surface area contributed by atoms with Crippen LogP contribution in [0.1, 0.15) is 6.42 Å². The Balaban J connectivity index is 2.30. The van der Waals surface area contributed by atoms with Crippen LogP contribution < -0.4 is 11.1 Å². The van der Waals surface area contributed by atoms with Crippen LogP contribution in [-0.4, -0.2) is 31.5 Å². The summed E-state index contributed by atoms with van der Waals surface area (Å²) in [5, 5.41) is 2.45. The third-order valence-corrected chi connectivity index (χ3v) is 2.32. The highest BCUT2D eigenvalue weighted by atomic mass is 19.3. The van der Waals surface area contributed by atoms with Gasteiger partial charge in [-0.2, -0.15) is 8.78 Å². The van der Waals surface area contributed by atoms with Gasteiger partial charge in [-0.1, -0.05) is 12.1 Å². The second-order valence-electron chi connectivity index (χ2n) is 4.00. The summed E-state index contributed by atoms with van der Waals surface area (Å²) in [7, 11) is 0. The molecular formula is C12H14F4N2O2. The molecule has 0 heterocycles. The first-order valence-electron chi connectivity index (χ1n) is 5.71. The number of amides is 1. The van der Waals surface area contributed by atoms with Gasteiger partial charge in [-0.25, -0.2) is 8.78 Å². The van der Waals surface area contributed by atoms with E-state index in [4.69, 9.17) is 5.73 Å². The van der Waals surface area contributed by atoms with Crippen LogP contribution in [0.5, 0.6) is 0 Å². The van der Waals surface area contributed by atoms with Gasteiger partial charge in [-0.05, 0) is 12.1 Å². The van der Waals surface area contributed by atoms with Crippen LogP contribution in [0.15, 0.2) is 24.3 Å². The summed E-state index contributed by atoms with van der Waals surface area (Å²) in [6.45, 7) is -1.81. The van der Waals surface area contributed by atoms with Crippen molar-refractivity contribution in [2.24, 2.45) is 0 Å². The Labute approximate surface area is 112 Å². The van der Waals surface area contributed by atoms with Crippen molar-refractivity contribution < 1.29 is 27.1 Å². The molecule has 0 fully saturated rings. The quantitative estimate of drug-likeness (QED) is 0.461. The number of hydrogen-bond acceptors (Lipinski definition) is 3. The number of carbonyl (C=O) groups excluding carboxylic acids is 1. The first-order valence-corrected chi connectivity index (χ1v) is 5.71. The van der Waals surface area contributed by atoms with Gasteiger partial charge in [0.25, 0.3) is 0 Å². The number of rotatable bonds is 7. The molecule has 0 saturated carbocycles.